The minimum Gasteiger partial charge on any atom is -0.321 e. The number of aromatic nitrogens is 1. The lowest BCUT2D eigenvalue weighted by Crippen LogP contribution is -2.13. The van der Waals surface area contributed by atoms with Crippen molar-refractivity contribution < 1.29 is 18.0 Å². The molecule has 1 N–H and O–H groups in total. The van der Waals surface area contributed by atoms with Gasteiger partial charge in [-0.1, -0.05) is 6.07 Å². The van der Waals surface area contributed by atoms with E-state index in [9.17, 15) is 18.0 Å². The summed E-state index contributed by atoms with van der Waals surface area (Å²) >= 11 is 0. The molecule has 116 valence electrons. The predicted octanol–water partition coefficient (Wildman–Crippen LogP) is 4.51. The van der Waals surface area contributed by atoms with Gasteiger partial charge in [-0.3, -0.25) is 9.78 Å². The third-order valence-corrected chi connectivity index (χ3v) is 3.37. The van der Waals surface area contributed by atoms with E-state index in [0.717, 1.165) is 35.2 Å². The van der Waals surface area contributed by atoms with Gasteiger partial charge in [-0.15, -0.1) is 0 Å². The first-order valence-corrected chi connectivity index (χ1v) is 6.77. The molecular formula is C17H11F3N2O. The molecule has 3 rings (SSSR count). The predicted molar refractivity (Wildman–Crippen MR) is 81.1 cm³/mol. The summed E-state index contributed by atoms with van der Waals surface area (Å²) in [4.78, 5) is 16.4. The molecule has 23 heavy (non-hydrogen) atoms. The Labute approximate surface area is 129 Å². The average molecular weight is 316 g/mol. The number of hydrogen-bond donors (Lipinski definition) is 1. The first-order chi connectivity index (χ1) is 10.9. The van der Waals surface area contributed by atoms with Crippen LogP contribution in [0.2, 0.25) is 0 Å². The molecule has 0 aliphatic rings. The number of halogens is 3. The van der Waals surface area contributed by atoms with Gasteiger partial charge in [0.15, 0.2) is 0 Å². The molecule has 3 nitrogen and oxygen atoms in total. The first-order valence-electron chi connectivity index (χ1n) is 6.77. The number of carbonyl (C=O) groups is 1. The van der Waals surface area contributed by atoms with Crippen LogP contribution >= 0.6 is 0 Å². The van der Waals surface area contributed by atoms with Crippen molar-refractivity contribution in [2.45, 2.75) is 6.18 Å². The topological polar surface area (TPSA) is 42.0 Å². The van der Waals surface area contributed by atoms with Crippen LogP contribution in [0.3, 0.4) is 0 Å². The van der Waals surface area contributed by atoms with Crippen molar-refractivity contribution in [1.82, 2.24) is 4.98 Å². The van der Waals surface area contributed by atoms with Crippen LogP contribution in [-0.2, 0) is 6.18 Å². The zero-order valence-electron chi connectivity index (χ0n) is 11.8. The molecule has 0 saturated carbocycles. The summed E-state index contributed by atoms with van der Waals surface area (Å²) in [7, 11) is 0. The van der Waals surface area contributed by atoms with Gasteiger partial charge >= 0.3 is 6.18 Å². The maximum Gasteiger partial charge on any atom is 0.416 e. The molecule has 3 aromatic rings. The lowest BCUT2D eigenvalue weighted by molar-refractivity contribution is -0.137. The normalized spacial score (nSPS) is 11.4. The number of amides is 1. The van der Waals surface area contributed by atoms with Crippen LogP contribution in [0.1, 0.15) is 15.9 Å². The molecule has 1 aromatic heterocycles. The zero-order valence-corrected chi connectivity index (χ0v) is 11.8. The smallest absolute Gasteiger partial charge is 0.321 e. The van der Waals surface area contributed by atoms with Gasteiger partial charge in [0, 0.05) is 17.1 Å². The third-order valence-electron chi connectivity index (χ3n) is 3.37. The van der Waals surface area contributed by atoms with Gasteiger partial charge in [0.25, 0.3) is 5.91 Å². The van der Waals surface area contributed by atoms with Crippen LogP contribution in [0, 0.1) is 0 Å². The van der Waals surface area contributed by atoms with E-state index in [2.05, 4.69) is 10.3 Å². The molecule has 2 aromatic carbocycles. The Hall–Kier alpha value is -2.89. The number of rotatable bonds is 2. The molecule has 0 unspecified atom stereocenters. The SMILES string of the molecule is O=C(Nc1cccc2ncccc12)c1ccc(C(F)(F)F)cc1. The Bertz CT molecular complexity index is 852. The van der Waals surface area contributed by atoms with Crippen LogP contribution in [0.4, 0.5) is 18.9 Å². The first kappa shape index (κ1) is 15.0. The molecule has 0 bridgehead atoms. The maximum atomic E-state index is 12.5. The van der Waals surface area contributed by atoms with E-state index in [1.165, 1.54) is 0 Å². The molecule has 0 radical (unpaired) electrons. The fraction of sp³-hybridized carbons (Fsp3) is 0.0588. The number of anilines is 1. The van der Waals surface area contributed by atoms with E-state index < -0.39 is 17.6 Å². The molecular weight excluding hydrogens is 305 g/mol. The second kappa shape index (κ2) is 5.72. The molecule has 6 heteroatoms. The van der Waals surface area contributed by atoms with E-state index in [1.807, 2.05) is 12.1 Å². The standard InChI is InChI=1S/C17H11F3N2O/c18-17(19,20)12-8-6-11(7-9-12)16(23)22-15-5-1-4-14-13(15)3-2-10-21-14/h1-10H,(H,22,23). The monoisotopic (exact) mass is 316 g/mol. The quantitative estimate of drug-likeness (QED) is 0.756. The van der Waals surface area contributed by atoms with Crippen molar-refractivity contribution in [2.24, 2.45) is 0 Å². The van der Waals surface area contributed by atoms with E-state index in [0.29, 0.717) is 5.69 Å². The summed E-state index contributed by atoms with van der Waals surface area (Å²) in [6.07, 6.45) is -2.78. The van der Waals surface area contributed by atoms with E-state index in [1.54, 1.807) is 24.4 Å². The Kier molecular flexibility index (Phi) is 3.73. The Morgan fingerprint density at radius 3 is 2.39 bits per heavy atom. The summed E-state index contributed by atoms with van der Waals surface area (Å²) in [6, 6.07) is 12.9. The van der Waals surface area contributed by atoms with E-state index >= 15 is 0 Å². The largest absolute Gasteiger partial charge is 0.416 e. The van der Waals surface area contributed by atoms with Gasteiger partial charge in [0.05, 0.1) is 16.8 Å². The van der Waals surface area contributed by atoms with Crippen LogP contribution < -0.4 is 5.32 Å². The Morgan fingerprint density at radius 1 is 0.957 bits per heavy atom. The van der Waals surface area contributed by atoms with Crippen molar-refractivity contribution in [1.29, 1.82) is 0 Å². The fourth-order valence-corrected chi connectivity index (χ4v) is 2.22. The second-order valence-electron chi connectivity index (χ2n) is 4.90. The average Bonchev–Trinajstić information content (AvgIpc) is 2.54. The Balaban J connectivity index is 1.86. The summed E-state index contributed by atoms with van der Waals surface area (Å²) in [5.41, 5.74) is 0.639. The highest BCUT2D eigenvalue weighted by molar-refractivity contribution is 6.08. The van der Waals surface area contributed by atoms with Gasteiger partial charge < -0.3 is 5.32 Å². The molecule has 1 heterocycles. The highest BCUT2D eigenvalue weighted by Gasteiger charge is 2.30. The van der Waals surface area contributed by atoms with Crippen LogP contribution in [0.25, 0.3) is 10.9 Å². The number of benzene rings is 2. The summed E-state index contributed by atoms with van der Waals surface area (Å²) in [5, 5.41) is 3.46. The zero-order chi connectivity index (χ0) is 16.4. The third kappa shape index (κ3) is 3.15. The number of alkyl halides is 3. The lowest BCUT2D eigenvalue weighted by Gasteiger charge is -2.10. The van der Waals surface area contributed by atoms with Crippen LogP contribution in [-0.4, -0.2) is 10.9 Å². The molecule has 0 fully saturated rings. The highest BCUT2D eigenvalue weighted by Crippen LogP contribution is 2.29. The summed E-state index contributed by atoms with van der Waals surface area (Å²) < 4.78 is 37.6. The second-order valence-corrected chi connectivity index (χ2v) is 4.90. The minimum absolute atomic E-state index is 0.152. The highest BCUT2D eigenvalue weighted by atomic mass is 19.4. The fourth-order valence-electron chi connectivity index (χ4n) is 2.22. The minimum atomic E-state index is -4.42. The van der Waals surface area contributed by atoms with Gasteiger partial charge in [0.1, 0.15) is 0 Å². The van der Waals surface area contributed by atoms with Gasteiger partial charge in [-0.2, -0.15) is 13.2 Å². The molecule has 0 aliphatic carbocycles. The van der Waals surface area contributed by atoms with Crippen molar-refractivity contribution in [3.8, 4) is 0 Å². The number of hydrogen-bond acceptors (Lipinski definition) is 2. The number of nitrogens with one attached hydrogen (secondary N) is 1. The maximum absolute atomic E-state index is 12.5. The summed E-state index contributed by atoms with van der Waals surface area (Å²) in [6.45, 7) is 0. The van der Waals surface area contributed by atoms with Crippen LogP contribution in [0.15, 0.2) is 60.8 Å². The number of carbonyl (C=O) groups excluding carboxylic acids is 1. The summed E-state index contributed by atoms with van der Waals surface area (Å²) in [5.74, 6) is -0.477. The van der Waals surface area contributed by atoms with Gasteiger partial charge in [-0.05, 0) is 48.5 Å². The molecule has 0 atom stereocenters. The van der Waals surface area contributed by atoms with Crippen molar-refractivity contribution in [3.05, 3.63) is 71.9 Å². The molecule has 0 aliphatic heterocycles. The number of fused-ring (bicyclic) bond motifs is 1. The lowest BCUT2D eigenvalue weighted by atomic mass is 10.1. The molecule has 0 spiro atoms. The van der Waals surface area contributed by atoms with Gasteiger partial charge in [-0.25, -0.2) is 0 Å². The van der Waals surface area contributed by atoms with Gasteiger partial charge in [0.2, 0.25) is 0 Å². The van der Waals surface area contributed by atoms with E-state index in [4.69, 9.17) is 0 Å². The van der Waals surface area contributed by atoms with Crippen molar-refractivity contribution >= 4 is 22.5 Å². The van der Waals surface area contributed by atoms with Crippen molar-refractivity contribution in [3.63, 3.8) is 0 Å². The van der Waals surface area contributed by atoms with E-state index in [-0.39, 0.29) is 5.56 Å². The van der Waals surface area contributed by atoms with Crippen LogP contribution in [0.5, 0.6) is 0 Å². The number of nitrogens with zero attached hydrogens (tertiary/aromatic N) is 1. The number of pyridine rings is 1. The molecule has 1 amide bonds. The molecule has 0 saturated heterocycles. The van der Waals surface area contributed by atoms with Crippen molar-refractivity contribution in [2.75, 3.05) is 5.32 Å². The Morgan fingerprint density at radius 2 is 1.70 bits per heavy atom.